The largest absolute Gasteiger partial charge is 0.508 e. The van der Waals surface area contributed by atoms with Crippen molar-refractivity contribution in [2.45, 2.75) is 6.10 Å². The van der Waals surface area contributed by atoms with Gasteiger partial charge in [-0.15, -0.1) is 0 Å². The van der Waals surface area contributed by atoms with Gasteiger partial charge in [0.1, 0.15) is 11.5 Å². The zero-order valence-electron chi connectivity index (χ0n) is 11.6. The van der Waals surface area contributed by atoms with E-state index in [4.69, 9.17) is 9.47 Å². The first-order valence-corrected chi connectivity index (χ1v) is 6.46. The molecule has 0 bridgehead atoms. The molecule has 112 valence electrons. The predicted molar refractivity (Wildman–Crippen MR) is 75.5 cm³/mol. The number of ether oxygens (including phenoxy) is 2. The third-order valence-corrected chi connectivity index (χ3v) is 3.42. The van der Waals surface area contributed by atoms with Crippen molar-refractivity contribution in [2.24, 2.45) is 0 Å². The van der Waals surface area contributed by atoms with Crippen LogP contribution < -0.4 is 9.47 Å². The van der Waals surface area contributed by atoms with Gasteiger partial charge in [0.25, 0.3) is 0 Å². The molecule has 1 aliphatic rings. The molecule has 0 saturated heterocycles. The summed E-state index contributed by atoms with van der Waals surface area (Å²) in [7, 11) is 1.38. The molecule has 0 spiro atoms. The highest BCUT2D eigenvalue weighted by molar-refractivity contribution is 6.46. The summed E-state index contributed by atoms with van der Waals surface area (Å²) in [5.74, 6) is -1.24. The number of carbonyl (C=O) groups is 2. The highest BCUT2D eigenvalue weighted by Crippen LogP contribution is 2.37. The van der Waals surface area contributed by atoms with Gasteiger partial charge in [-0.3, -0.25) is 9.59 Å². The Bertz CT molecular complexity index is 780. The molecule has 6 heteroatoms. The number of ketones is 2. The van der Waals surface area contributed by atoms with E-state index in [1.165, 1.54) is 43.5 Å². The number of phenolic OH excluding ortho intramolecular Hbond substituents is 2. The van der Waals surface area contributed by atoms with Crippen LogP contribution >= 0.6 is 0 Å². The number of aromatic hydroxyl groups is 2. The molecule has 1 aliphatic heterocycles. The number of benzene rings is 2. The van der Waals surface area contributed by atoms with Crippen LogP contribution in [0.4, 0.5) is 0 Å². The molecule has 1 atom stereocenters. The van der Waals surface area contributed by atoms with Gasteiger partial charge in [-0.2, -0.15) is 0 Å². The Kier molecular flexibility index (Phi) is 3.21. The minimum absolute atomic E-state index is 0.0667. The molecule has 0 saturated carbocycles. The number of rotatable bonds is 2. The Hall–Kier alpha value is -3.02. The van der Waals surface area contributed by atoms with Gasteiger partial charge in [0.05, 0.1) is 12.7 Å². The topological polar surface area (TPSA) is 93.1 Å². The summed E-state index contributed by atoms with van der Waals surface area (Å²) >= 11 is 0. The summed E-state index contributed by atoms with van der Waals surface area (Å²) in [5.41, 5.74) is 0.492. The van der Waals surface area contributed by atoms with E-state index < -0.39 is 17.7 Å². The second kappa shape index (κ2) is 5.07. The van der Waals surface area contributed by atoms with E-state index in [2.05, 4.69) is 0 Å². The summed E-state index contributed by atoms with van der Waals surface area (Å²) in [6.45, 7) is 0. The lowest BCUT2D eigenvalue weighted by atomic mass is 9.94. The molecule has 0 aromatic heterocycles. The summed E-state index contributed by atoms with van der Waals surface area (Å²) in [6.07, 6.45) is -1.14. The number of phenols is 2. The SMILES string of the molecule is COc1cc([C@H]2Oc3cc(O)ccc3C(=O)C2=O)ccc1O. The van der Waals surface area contributed by atoms with E-state index in [0.717, 1.165) is 0 Å². The predicted octanol–water partition coefficient (Wildman–Crippen LogP) is 1.99. The third-order valence-electron chi connectivity index (χ3n) is 3.42. The first-order chi connectivity index (χ1) is 10.5. The minimum atomic E-state index is -1.14. The average molecular weight is 300 g/mol. The molecule has 2 aromatic rings. The van der Waals surface area contributed by atoms with Crippen LogP contribution in [0.25, 0.3) is 0 Å². The van der Waals surface area contributed by atoms with Crippen LogP contribution in [0.1, 0.15) is 22.0 Å². The van der Waals surface area contributed by atoms with E-state index >= 15 is 0 Å². The Balaban J connectivity index is 2.06. The van der Waals surface area contributed by atoms with Gasteiger partial charge in [-0.05, 0) is 24.3 Å². The highest BCUT2D eigenvalue weighted by atomic mass is 16.5. The highest BCUT2D eigenvalue weighted by Gasteiger charge is 2.37. The second-order valence-corrected chi connectivity index (χ2v) is 4.80. The standard InChI is InChI=1S/C16H12O6/c1-21-13-6-8(2-5-11(13)18)16-15(20)14(19)10-4-3-9(17)7-12(10)22-16/h2-7,16-18H,1H3/t16-/m1/s1. The lowest BCUT2D eigenvalue weighted by molar-refractivity contribution is -0.122. The van der Waals surface area contributed by atoms with Crippen LogP contribution in [0.2, 0.25) is 0 Å². The van der Waals surface area contributed by atoms with E-state index in [9.17, 15) is 19.8 Å². The van der Waals surface area contributed by atoms with Gasteiger partial charge in [0, 0.05) is 11.6 Å². The summed E-state index contributed by atoms with van der Waals surface area (Å²) < 4.78 is 10.5. The molecule has 0 radical (unpaired) electrons. The molecule has 0 unspecified atom stereocenters. The Morgan fingerprint density at radius 2 is 1.86 bits per heavy atom. The molecular weight excluding hydrogens is 288 g/mol. The Morgan fingerprint density at radius 3 is 2.59 bits per heavy atom. The molecular formula is C16H12O6. The first-order valence-electron chi connectivity index (χ1n) is 6.46. The maximum atomic E-state index is 12.2. The van der Waals surface area contributed by atoms with Gasteiger partial charge in [-0.1, -0.05) is 6.07 Å². The third kappa shape index (κ3) is 2.14. The molecule has 2 aromatic carbocycles. The molecule has 6 nitrogen and oxygen atoms in total. The summed E-state index contributed by atoms with van der Waals surface area (Å²) in [4.78, 5) is 24.4. The van der Waals surface area contributed by atoms with E-state index in [1.807, 2.05) is 0 Å². The van der Waals surface area contributed by atoms with Crippen LogP contribution in [0, 0.1) is 0 Å². The molecule has 22 heavy (non-hydrogen) atoms. The molecule has 1 heterocycles. The number of Topliss-reactive ketones (excluding diaryl/α,β-unsaturated/α-hetero) is 2. The molecule has 3 rings (SSSR count). The molecule has 0 amide bonds. The smallest absolute Gasteiger partial charge is 0.248 e. The van der Waals surface area contributed by atoms with Crippen molar-refractivity contribution in [3.63, 3.8) is 0 Å². The monoisotopic (exact) mass is 300 g/mol. The number of hydrogen-bond acceptors (Lipinski definition) is 6. The quantitative estimate of drug-likeness (QED) is 0.824. The van der Waals surface area contributed by atoms with Gasteiger partial charge < -0.3 is 19.7 Å². The molecule has 2 N–H and O–H groups in total. The van der Waals surface area contributed by atoms with Crippen molar-refractivity contribution in [1.29, 1.82) is 0 Å². The van der Waals surface area contributed by atoms with Crippen molar-refractivity contribution in [3.8, 4) is 23.0 Å². The van der Waals surface area contributed by atoms with E-state index in [0.29, 0.717) is 5.56 Å². The average Bonchev–Trinajstić information content (AvgIpc) is 2.51. The zero-order valence-corrected chi connectivity index (χ0v) is 11.6. The molecule has 0 fully saturated rings. The summed E-state index contributed by atoms with van der Waals surface area (Å²) in [6, 6.07) is 8.20. The zero-order chi connectivity index (χ0) is 15.9. The number of carbonyl (C=O) groups excluding carboxylic acids is 2. The number of methoxy groups -OCH3 is 1. The van der Waals surface area contributed by atoms with Crippen molar-refractivity contribution in [2.75, 3.05) is 7.11 Å². The van der Waals surface area contributed by atoms with Crippen LogP contribution in [-0.2, 0) is 4.79 Å². The number of hydrogen-bond donors (Lipinski definition) is 2. The fourth-order valence-electron chi connectivity index (χ4n) is 2.31. The van der Waals surface area contributed by atoms with Crippen LogP contribution in [0.15, 0.2) is 36.4 Å². The van der Waals surface area contributed by atoms with Crippen molar-refractivity contribution < 1.29 is 29.3 Å². The maximum absolute atomic E-state index is 12.2. The first kappa shape index (κ1) is 13.9. The minimum Gasteiger partial charge on any atom is -0.508 e. The Morgan fingerprint density at radius 1 is 1.09 bits per heavy atom. The van der Waals surface area contributed by atoms with Crippen molar-refractivity contribution in [1.82, 2.24) is 0 Å². The summed E-state index contributed by atoms with van der Waals surface area (Å²) in [5, 5.41) is 19.1. The van der Waals surface area contributed by atoms with Gasteiger partial charge >= 0.3 is 0 Å². The normalized spacial score (nSPS) is 16.9. The van der Waals surface area contributed by atoms with Gasteiger partial charge in [0.2, 0.25) is 11.6 Å². The second-order valence-electron chi connectivity index (χ2n) is 4.80. The lowest BCUT2D eigenvalue weighted by Crippen LogP contribution is -2.31. The van der Waals surface area contributed by atoms with E-state index in [1.54, 1.807) is 0 Å². The van der Waals surface area contributed by atoms with E-state index in [-0.39, 0.29) is 28.6 Å². The lowest BCUT2D eigenvalue weighted by Gasteiger charge is -2.24. The van der Waals surface area contributed by atoms with Gasteiger partial charge in [-0.25, -0.2) is 0 Å². The van der Waals surface area contributed by atoms with Crippen molar-refractivity contribution in [3.05, 3.63) is 47.5 Å². The fraction of sp³-hybridized carbons (Fsp3) is 0.125. The maximum Gasteiger partial charge on any atom is 0.248 e. The van der Waals surface area contributed by atoms with Crippen LogP contribution in [0.5, 0.6) is 23.0 Å². The Labute approximate surface area is 125 Å². The van der Waals surface area contributed by atoms with Crippen LogP contribution in [0.3, 0.4) is 0 Å². The van der Waals surface area contributed by atoms with Crippen molar-refractivity contribution >= 4 is 11.6 Å². The molecule has 0 aliphatic carbocycles. The fourth-order valence-corrected chi connectivity index (χ4v) is 2.31. The number of fused-ring (bicyclic) bond motifs is 1. The van der Waals surface area contributed by atoms with Crippen LogP contribution in [-0.4, -0.2) is 28.9 Å². The van der Waals surface area contributed by atoms with Gasteiger partial charge in [0.15, 0.2) is 17.6 Å².